The molecule has 1 aliphatic heterocycles. The van der Waals surface area contributed by atoms with Crippen molar-refractivity contribution in [1.29, 1.82) is 0 Å². The summed E-state index contributed by atoms with van der Waals surface area (Å²) in [6.45, 7) is 3.90. The lowest BCUT2D eigenvalue weighted by Crippen LogP contribution is -2.19. The number of phenolic OH excluding ortho intramolecular Hbond substituents is 1. The van der Waals surface area contributed by atoms with Crippen LogP contribution in [0.3, 0.4) is 0 Å². The summed E-state index contributed by atoms with van der Waals surface area (Å²) in [5.41, 5.74) is 0.0374. The molecule has 0 spiro atoms. The maximum absolute atomic E-state index is 11.8. The summed E-state index contributed by atoms with van der Waals surface area (Å²) in [4.78, 5) is 26.3. The number of hydrogen-bond donors (Lipinski definition) is 2. The van der Waals surface area contributed by atoms with Gasteiger partial charge in [-0.15, -0.1) is 6.58 Å². The zero-order valence-electron chi connectivity index (χ0n) is 10.8. The van der Waals surface area contributed by atoms with Crippen LogP contribution in [0.4, 0.5) is 5.69 Å². The molecule has 0 bridgehead atoms. The first-order valence-electron chi connectivity index (χ1n) is 5.85. The third-order valence-corrected chi connectivity index (χ3v) is 3.47. The normalized spacial score (nSPS) is 18.0. The predicted octanol–water partition coefficient (Wildman–Crippen LogP) is 2.05. The quantitative estimate of drug-likeness (QED) is 0.383. The number of amides is 1. The summed E-state index contributed by atoms with van der Waals surface area (Å²) >= 11 is 1.10. The van der Waals surface area contributed by atoms with E-state index in [9.17, 15) is 20.0 Å². The molecule has 0 unspecified atom stereocenters. The number of nitro groups is 1. The number of nitrogens with one attached hydrogen (secondary N) is 1. The Bertz CT molecular complexity index is 682. The molecule has 21 heavy (non-hydrogen) atoms. The van der Waals surface area contributed by atoms with Crippen LogP contribution in [-0.2, 0) is 4.79 Å². The van der Waals surface area contributed by atoms with E-state index in [2.05, 4.69) is 16.9 Å². The number of phenols is 1. The minimum atomic E-state index is -0.569. The zero-order chi connectivity index (χ0) is 15.4. The maximum Gasteiger partial charge on any atom is 0.270 e. The highest BCUT2D eigenvalue weighted by atomic mass is 32.2. The molecule has 1 fully saturated rings. The highest BCUT2D eigenvalue weighted by Gasteiger charge is 2.24. The molecule has 1 aromatic rings. The van der Waals surface area contributed by atoms with E-state index in [1.807, 2.05) is 0 Å². The second-order valence-electron chi connectivity index (χ2n) is 4.00. The highest BCUT2D eigenvalue weighted by molar-refractivity contribution is 8.18. The molecule has 0 saturated carbocycles. The predicted molar refractivity (Wildman–Crippen MR) is 81.0 cm³/mol. The van der Waals surface area contributed by atoms with E-state index < -0.39 is 4.92 Å². The van der Waals surface area contributed by atoms with Gasteiger partial charge in [-0.2, -0.15) is 0 Å². The average Bonchev–Trinajstić information content (AvgIpc) is 2.79. The summed E-state index contributed by atoms with van der Waals surface area (Å²) in [7, 11) is 0. The number of aliphatic imine (C=N–C) groups is 1. The number of nitrogens with zero attached hydrogens (tertiary/aromatic N) is 2. The van der Waals surface area contributed by atoms with Crippen molar-refractivity contribution in [2.45, 2.75) is 0 Å². The number of amidine groups is 1. The van der Waals surface area contributed by atoms with Gasteiger partial charge in [0, 0.05) is 17.7 Å². The average molecular weight is 305 g/mol. The fourth-order valence-electron chi connectivity index (χ4n) is 1.56. The Morgan fingerprint density at radius 1 is 1.52 bits per heavy atom. The Balaban J connectivity index is 2.31. The number of benzene rings is 1. The summed E-state index contributed by atoms with van der Waals surface area (Å²) in [6.07, 6.45) is 2.98. The smallest absolute Gasteiger partial charge is 0.270 e. The molecule has 2 N–H and O–H groups in total. The van der Waals surface area contributed by atoms with Crippen molar-refractivity contribution >= 4 is 34.6 Å². The van der Waals surface area contributed by atoms with Gasteiger partial charge in [0.05, 0.1) is 16.4 Å². The summed E-state index contributed by atoms with van der Waals surface area (Å²) < 4.78 is 0. The highest BCUT2D eigenvalue weighted by Crippen LogP contribution is 2.30. The van der Waals surface area contributed by atoms with Crippen LogP contribution < -0.4 is 5.32 Å². The van der Waals surface area contributed by atoms with E-state index in [1.165, 1.54) is 24.3 Å². The zero-order valence-corrected chi connectivity index (χ0v) is 11.6. The van der Waals surface area contributed by atoms with Gasteiger partial charge >= 0.3 is 0 Å². The van der Waals surface area contributed by atoms with Gasteiger partial charge in [0.25, 0.3) is 11.6 Å². The van der Waals surface area contributed by atoms with Gasteiger partial charge in [-0.25, -0.2) is 0 Å². The van der Waals surface area contributed by atoms with Crippen LogP contribution in [0.2, 0.25) is 0 Å². The standard InChI is InChI=1S/C13H11N3O4S/c1-2-5-14-13-15-12(18)11(21-13)7-8-6-9(16(19)20)3-4-10(8)17/h2-4,6-7,17H,1,5H2,(H,14,15,18)/b11-7-. The Morgan fingerprint density at radius 3 is 2.95 bits per heavy atom. The Kier molecular flexibility index (Phi) is 4.39. The van der Waals surface area contributed by atoms with E-state index in [1.54, 1.807) is 6.08 Å². The minimum Gasteiger partial charge on any atom is -0.507 e. The molecule has 0 aliphatic carbocycles. The van der Waals surface area contributed by atoms with Crippen molar-refractivity contribution < 1.29 is 14.8 Å². The molecule has 108 valence electrons. The lowest BCUT2D eigenvalue weighted by atomic mass is 10.1. The summed E-state index contributed by atoms with van der Waals surface area (Å²) in [6, 6.07) is 3.61. The van der Waals surface area contributed by atoms with Gasteiger partial charge in [-0.05, 0) is 23.9 Å². The number of aromatic hydroxyl groups is 1. The number of rotatable bonds is 4. The molecule has 0 radical (unpaired) electrons. The Morgan fingerprint density at radius 2 is 2.29 bits per heavy atom. The molecular weight excluding hydrogens is 294 g/mol. The lowest BCUT2D eigenvalue weighted by molar-refractivity contribution is -0.384. The topological polar surface area (TPSA) is 105 Å². The van der Waals surface area contributed by atoms with E-state index in [4.69, 9.17) is 0 Å². The van der Waals surface area contributed by atoms with E-state index >= 15 is 0 Å². The van der Waals surface area contributed by atoms with Crippen LogP contribution in [0, 0.1) is 10.1 Å². The van der Waals surface area contributed by atoms with Crippen molar-refractivity contribution in [2.75, 3.05) is 6.54 Å². The Hall–Kier alpha value is -2.61. The van der Waals surface area contributed by atoms with Gasteiger partial charge in [0.1, 0.15) is 5.75 Å². The van der Waals surface area contributed by atoms with Gasteiger partial charge in [0.15, 0.2) is 5.17 Å². The third-order valence-electron chi connectivity index (χ3n) is 2.52. The van der Waals surface area contributed by atoms with Gasteiger partial charge in [-0.3, -0.25) is 19.9 Å². The molecule has 7 nitrogen and oxygen atoms in total. The molecule has 1 aromatic carbocycles. The first-order valence-corrected chi connectivity index (χ1v) is 6.66. The second kappa shape index (κ2) is 6.23. The molecule has 8 heteroatoms. The van der Waals surface area contributed by atoms with E-state index in [0.717, 1.165) is 11.8 Å². The number of nitro benzene ring substituents is 1. The van der Waals surface area contributed by atoms with Crippen LogP contribution in [0.15, 0.2) is 40.8 Å². The number of carbonyl (C=O) groups is 1. The van der Waals surface area contributed by atoms with Crippen molar-refractivity contribution in [3.8, 4) is 5.75 Å². The molecule has 0 aromatic heterocycles. The number of carbonyl (C=O) groups excluding carboxylic acids is 1. The van der Waals surface area contributed by atoms with E-state index in [0.29, 0.717) is 16.6 Å². The lowest BCUT2D eigenvalue weighted by Gasteiger charge is -1.99. The number of thioether (sulfide) groups is 1. The molecule has 0 atom stereocenters. The van der Waals surface area contributed by atoms with E-state index in [-0.39, 0.29) is 22.9 Å². The largest absolute Gasteiger partial charge is 0.507 e. The third kappa shape index (κ3) is 3.48. The monoisotopic (exact) mass is 305 g/mol. The van der Waals surface area contributed by atoms with Gasteiger partial charge in [-0.1, -0.05) is 6.08 Å². The van der Waals surface area contributed by atoms with Crippen molar-refractivity contribution in [3.63, 3.8) is 0 Å². The van der Waals surface area contributed by atoms with Crippen LogP contribution >= 0.6 is 11.8 Å². The molecule has 2 rings (SSSR count). The maximum atomic E-state index is 11.8. The first kappa shape index (κ1) is 14.8. The SMILES string of the molecule is C=CCN=C1NC(=O)/C(=C/c2cc([N+](=O)[O-])ccc2O)S1. The van der Waals surface area contributed by atoms with Crippen molar-refractivity contribution in [1.82, 2.24) is 5.32 Å². The van der Waals surface area contributed by atoms with Crippen molar-refractivity contribution in [2.24, 2.45) is 4.99 Å². The van der Waals surface area contributed by atoms with Gasteiger partial charge in [0.2, 0.25) is 0 Å². The summed E-state index contributed by atoms with van der Waals surface area (Å²) in [5.74, 6) is -0.508. The van der Waals surface area contributed by atoms with Crippen LogP contribution in [-0.4, -0.2) is 27.6 Å². The Labute approximate surface area is 124 Å². The second-order valence-corrected chi connectivity index (χ2v) is 5.03. The fraction of sp³-hybridized carbons (Fsp3) is 0.0769. The number of non-ortho nitro benzene ring substituents is 1. The van der Waals surface area contributed by atoms with Gasteiger partial charge < -0.3 is 10.4 Å². The number of hydrogen-bond acceptors (Lipinski definition) is 6. The molecule has 1 saturated heterocycles. The summed E-state index contributed by atoms with van der Waals surface area (Å²) in [5, 5.41) is 23.4. The minimum absolute atomic E-state index is 0.141. The molecule has 1 amide bonds. The van der Waals surface area contributed by atoms with Crippen molar-refractivity contribution in [3.05, 3.63) is 51.4 Å². The van der Waals surface area contributed by atoms with Crippen LogP contribution in [0.1, 0.15) is 5.56 Å². The van der Waals surface area contributed by atoms with Crippen LogP contribution in [0.5, 0.6) is 5.75 Å². The molecule has 1 aliphatic rings. The van der Waals surface area contributed by atoms with Crippen LogP contribution in [0.25, 0.3) is 6.08 Å². The fourth-order valence-corrected chi connectivity index (χ4v) is 2.38. The molecular formula is C13H11N3O4S. The molecule has 1 heterocycles. The first-order chi connectivity index (χ1) is 10.0.